The second-order valence-electron chi connectivity index (χ2n) is 2.23. The van der Waals surface area contributed by atoms with Crippen LogP contribution < -0.4 is 0 Å². The Bertz CT molecular complexity index is 108. The van der Waals surface area contributed by atoms with Gasteiger partial charge in [-0.1, -0.05) is 6.92 Å². The normalized spacial score (nSPS) is 9.90. The van der Waals surface area contributed by atoms with Crippen LogP contribution in [0.15, 0.2) is 0 Å². The van der Waals surface area contributed by atoms with Crippen molar-refractivity contribution in [3.05, 3.63) is 0 Å². The van der Waals surface area contributed by atoms with Gasteiger partial charge in [-0.25, -0.2) is 0 Å². The molecule has 10 heavy (non-hydrogen) atoms. The fourth-order valence-corrected chi connectivity index (χ4v) is 0.718. The highest BCUT2D eigenvalue weighted by molar-refractivity contribution is 6.05. The quantitative estimate of drug-likeness (QED) is 0.514. The van der Waals surface area contributed by atoms with Crippen molar-refractivity contribution in [3.63, 3.8) is 0 Å². The van der Waals surface area contributed by atoms with Crippen LogP contribution in [0.25, 0.3) is 0 Å². The lowest BCUT2D eigenvalue weighted by molar-refractivity contribution is -0.134. The first-order valence-corrected chi connectivity index (χ1v) is 3.28. The molecule has 0 unspecified atom stereocenters. The maximum Gasteiger partial charge on any atom is 0.378 e. The molecule has 3 nitrogen and oxygen atoms in total. The highest BCUT2D eigenvalue weighted by atomic mass is 16.5. The molecule has 0 aliphatic heterocycles. The van der Waals surface area contributed by atoms with Gasteiger partial charge in [-0.15, -0.1) is 0 Å². The highest BCUT2D eigenvalue weighted by Gasteiger charge is 2.02. The van der Waals surface area contributed by atoms with Gasteiger partial charge in [0.05, 0.1) is 6.54 Å². The fourth-order valence-electron chi connectivity index (χ4n) is 0.718. The van der Waals surface area contributed by atoms with Gasteiger partial charge in [0.25, 0.3) is 0 Å². The van der Waals surface area contributed by atoms with Crippen molar-refractivity contribution >= 4 is 14.0 Å². The SMILES string of the molecule is [B]OC(=O)CN(C)CCC. The van der Waals surface area contributed by atoms with E-state index in [2.05, 4.69) is 12.7 Å². The predicted molar refractivity (Wildman–Crippen MR) is 39.6 cm³/mol. The topological polar surface area (TPSA) is 29.5 Å². The van der Waals surface area contributed by atoms with Crippen LogP contribution >= 0.6 is 0 Å². The molecule has 0 N–H and O–H groups in total. The van der Waals surface area contributed by atoms with Crippen molar-refractivity contribution in [1.82, 2.24) is 4.90 Å². The van der Waals surface area contributed by atoms with E-state index in [4.69, 9.17) is 0 Å². The van der Waals surface area contributed by atoms with Crippen molar-refractivity contribution in [2.45, 2.75) is 13.3 Å². The van der Waals surface area contributed by atoms with Gasteiger partial charge in [-0.05, 0) is 20.0 Å². The molecule has 0 aromatic heterocycles. The summed E-state index contributed by atoms with van der Waals surface area (Å²) in [6.45, 7) is 3.20. The molecule has 0 aliphatic carbocycles. The Hall–Kier alpha value is -0.505. The van der Waals surface area contributed by atoms with Crippen LogP contribution in [-0.2, 0) is 9.45 Å². The molecule has 0 saturated carbocycles. The smallest absolute Gasteiger partial charge is 0.378 e. The molecule has 4 heteroatoms. The minimum absolute atomic E-state index is 0.268. The van der Waals surface area contributed by atoms with Gasteiger partial charge in [-0.3, -0.25) is 9.69 Å². The van der Waals surface area contributed by atoms with E-state index >= 15 is 0 Å². The molecule has 0 saturated heterocycles. The van der Waals surface area contributed by atoms with Crippen LogP contribution in [0.4, 0.5) is 0 Å². The average Bonchev–Trinajstić information content (AvgIpc) is 1.88. The Kier molecular flexibility index (Phi) is 5.03. The van der Waals surface area contributed by atoms with Crippen molar-refractivity contribution in [1.29, 1.82) is 0 Å². The Labute approximate surface area is 62.8 Å². The van der Waals surface area contributed by atoms with Gasteiger partial charge in [0.1, 0.15) is 0 Å². The summed E-state index contributed by atoms with van der Waals surface area (Å²) >= 11 is 0. The van der Waals surface area contributed by atoms with E-state index in [1.54, 1.807) is 0 Å². The minimum Gasteiger partial charge on any atom is -0.542 e. The predicted octanol–water partition coefficient (Wildman–Crippen LogP) is -0.0451. The molecule has 0 spiro atoms. The average molecular weight is 141 g/mol. The second kappa shape index (κ2) is 5.29. The molecule has 0 rings (SSSR count). The molecular formula is C6H12BNO2. The molecule has 0 heterocycles. The number of hydrogen-bond acceptors (Lipinski definition) is 3. The summed E-state index contributed by atoms with van der Waals surface area (Å²) in [5.74, 6) is -0.393. The van der Waals surface area contributed by atoms with Gasteiger partial charge in [0.15, 0.2) is 0 Å². The van der Waals surface area contributed by atoms with Gasteiger partial charge in [0, 0.05) is 0 Å². The molecule has 0 aromatic rings. The summed E-state index contributed by atoms with van der Waals surface area (Å²) in [5.41, 5.74) is 0. The second-order valence-corrected chi connectivity index (χ2v) is 2.23. The maximum absolute atomic E-state index is 10.5. The largest absolute Gasteiger partial charge is 0.542 e. The standard InChI is InChI=1S/C6H12BNO2/c1-3-4-8(2)5-6(9)10-7/h3-5H2,1-2H3. The van der Waals surface area contributed by atoms with Crippen LogP contribution in [0.1, 0.15) is 13.3 Å². The lowest BCUT2D eigenvalue weighted by Crippen LogP contribution is -2.27. The van der Waals surface area contributed by atoms with Crippen LogP contribution in [0.2, 0.25) is 0 Å². The zero-order valence-corrected chi connectivity index (χ0v) is 6.46. The molecule has 0 fully saturated rings. The molecule has 0 bridgehead atoms. The van der Waals surface area contributed by atoms with Crippen LogP contribution in [-0.4, -0.2) is 39.1 Å². The monoisotopic (exact) mass is 141 g/mol. The number of carbonyl (C=O) groups excluding carboxylic acids is 1. The summed E-state index contributed by atoms with van der Waals surface area (Å²) in [5, 5.41) is 0. The third-order valence-electron chi connectivity index (χ3n) is 1.14. The minimum atomic E-state index is -0.393. The third-order valence-corrected chi connectivity index (χ3v) is 1.14. The first-order valence-electron chi connectivity index (χ1n) is 3.28. The number of rotatable bonds is 4. The van der Waals surface area contributed by atoms with Crippen LogP contribution in [0, 0.1) is 0 Å². The van der Waals surface area contributed by atoms with Crippen LogP contribution in [0.3, 0.4) is 0 Å². The van der Waals surface area contributed by atoms with E-state index in [-0.39, 0.29) is 6.54 Å². The molecule has 0 amide bonds. The lowest BCUT2D eigenvalue weighted by Gasteiger charge is -2.12. The zero-order valence-electron chi connectivity index (χ0n) is 6.46. The van der Waals surface area contributed by atoms with Crippen molar-refractivity contribution in [2.24, 2.45) is 0 Å². The Morgan fingerprint density at radius 3 is 2.70 bits per heavy atom. The molecule has 0 aromatic carbocycles. The summed E-state index contributed by atoms with van der Waals surface area (Å²) in [6.07, 6.45) is 1.02. The molecule has 0 aliphatic rings. The lowest BCUT2D eigenvalue weighted by atomic mass is 10.4. The molecule has 56 valence electrons. The summed E-state index contributed by atoms with van der Waals surface area (Å²) in [6, 6.07) is 0. The Balaban J connectivity index is 3.37. The molecule has 0 atom stereocenters. The molecular weight excluding hydrogens is 129 g/mol. The number of nitrogens with zero attached hydrogens (tertiary/aromatic N) is 1. The van der Waals surface area contributed by atoms with E-state index in [1.807, 2.05) is 18.9 Å². The number of likely N-dealkylation sites (N-methyl/N-ethyl adjacent to an activating group) is 1. The summed E-state index contributed by atoms with van der Waals surface area (Å²) < 4.78 is 3.99. The number of hydrogen-bond donors (Lipinski definition) is 0. The van der Waals surface area contributed by atoms with Crippen molar-refractivity contribution < 1.29 is 9.45 Å². The van der Waals surface area contributed by atoms with E-state index in [9.17, 15) is 4.79 Å². The van der Waals surface area contributed by atoms with Gasteiger partial charge >= 0.3 is 14.0 Å². The van der Waals surface area contributed by atoms with E-state index in [0.29, 0.717) is 0 Å². The number of carbonyl (C=O) groups is 1. The first kappa shape index (κ1) is 9.49. The Morgan fingerprint density at radius 1 is 1.70 bits per heavy atom. The van der Waals surface area contributed by atoms with E-state index in [0.717, 1.165) is 13.0 Å². The third kappa shape index (κ3) is 4.38. The summed E-state index contributed by atoms with van der Waals surface area (Å²) in [7, 11) is 6.49. The summed E-state index contributed by atoms with van der Waals surface area (Å²) in [4.78, 5) is 12.4. The van der Waals surface area contributed by atoms with Gasteiger partial charge in [0.2, 0.25) is 0 Å². The van der Waals surface area contributed by atoms with E-state index < -0.39 is 5.97 Å². The van der Waals surface area contributed by atoms with E-state index in [1.165, 1.54) is 0 Å². The molecule has 2 radical (unpaired) electrons. The fraction of sp³-hybridized carbons (Fsp3) is 0.833. The van der Waals surface area contributed by atoms with Crippen LogP contribution in [0.5, 0.6) is 0 Å². The maximum atomic E-state index is 10.5. The first-order chi connectivity index (χ1) is 4.70. The van der Waals surface area contributed by atoms with Gasteiger partial charge in [-0.2, -0.15) is 0 Å². The Morgan fingerprint density at radius 2 is 2.30 bits per heavy atom. The zero-order chi connectivity index (χ0) is 7.98. The van der Waals surface area contributed by atoms with Crippen molar-refractivity contribution in [2.75, 3.05) is 20.1 Å². The van der Waals surface area contributed by atoms with Crippen molar-refractivity contribution in [3.8, 4) is 0 Å². The van der Waals surface area contributed by atoms with Gasteiger partial charge < -0.3 is 4.65 Å². The highest BCUT2D eigenvalue weighted by Crippen LogP contribution is 1.86.